The van der Waals surface area contributed by atoms with Gasteiger partial charge in [0.15, 0.2) is 0 Å². The number of anilines is 9. The van der Waals surface area contributed by atoms with Gasteiger partial charge >= 0.3 is 0 Å². The Morgan fingerprint density at radius 2 is 0.413 bits per heavy atom. The van der Waals surface area contributed by atoms with Gasteiger partial charge in [0.05, 0.1) is 22.1 Å². The molecule has 24 aromatic rings. The number of benzene rings is 22. The Labute approximate surface area is 701 Å². The number of nitrogens with zero attached hydrogens (tertiary/aromatic N) is 5. The summed E-state index contributed by atoms with van der Waals surface area (Å²) in [6.45, 7) is 0. The summed E-state index contributed by atoms with van der Waals surface area (Å²) in [6.07, 6.45) is 0. The number of hydrogen-bond donors (Lipinski definition) is 0. The fraction of sp³-hybridized carbons (Fsp3) is 0. The highest BCUT2D eigenvalue weighted by Gasteiger charge is 2.26. The van der Waals surface area contributed by atoms with Crippen LogP contribution in [-0.2, 0) is 0 Å². The number of fused-ring (bicyclic) bond motifs is 8. The minimum absolute atomic E-state index is 1.11. The zero-order chi connectivity index (χ0) is 79.9. The molecule has 0 N–H and O–H groups in total. The van der Waals surface area contributed by atoms with Crippen LogP contribution in [0.4, 0.5) is 51.2 Å². The first-order chi connectivity index (χ1) is 60.0. The average molecular weight is 1540 g/mol. The van der Waals surface area contributed by atoms with Gasteiger partial charge in [-0.2, -0.15) is 0 Å². The molecule has 2 aromatic heterocycles. The summed E-state index contributed by atoms with van der Waals surface area (Å²) >= 11 is 0. The molecule has 0 aliphatic heterocycles. The minimum Gasteiger partial charge on any atom is -0.311 e. The van der Waals surface area contributed by atoms with Crippen LogP contribution >= 0.6 is 0 Å². The maximum atomic E-state index is 2.50. The lowest BCUT2D eigenvalue weighted by Gasteiger charge is -2.25. The van der Waals surface area contributed by atoms with Crippen molar-refractivity contribution in [3.05, 3.63) is 467 Å². The van der Waals surface area contributed by atoms with Crippen LogP contribution in [0.1, 0.15) is 0 Å². The topological polar surface area (TPSA) is 19.6 Å². The van der Waals surface area contributed by atoms with Crippen LogP contribution in [0.5, 0.6) is 0 Å². The molecule has 22 aromatic carbocycles. The highest BCUT2D eigenvalue weighted by atomic mass is 15.2. The molecule has 566 valence electrons. The Kier molecular flexibility index (Phi) is 17.2. The van der Waals surface area contributed by atoms with Gasteiger partial charge in [-0.1, -0.05) is 315 Å². The summed E-state index contributed by atoms with van der Waals surface area (Å²) in [5, 5.41) is 20.3. The first kappa shape index (κ1) is 70.3. The summed E-state index contributed by atoms with van der Waals surface area (Å²) in [5.74, 6) is 0. The first-order valence-electron chi connectivity index (χ1n) is 41.6. The fourth-order valence-electron chi connectivity index (χ4n) is 19.1. The van der Waals surface area contributed by atoms with Crippen LogP contribution in [0.15, 0.2) is 467 Å². The van der Waals surface area contributed by atoms with E-state index in [2.05, 4.69) is 491 Å². The fourth-order valence-corrected chi connectivity index (χ4v) is 19.1. The van der Waals surface area contributed by atoms with Crippen molar-refractivity contribution >= 4 is 159 Å². The molecule has 2 heterocycles. The summed E-state index contributed by atoms with van der Waals surface area (Å²) in [7, 11) is 0. The zero-order valence-corrected chi connectivity index (χ0v) is 66.2. The van der Waals surface area contributed by atoms with Gasteiger partial charge in [0.25, 0.3) is 0 Å². The van der Waals surface area contributed by atoms with Crippen molar-refractivity contribution in [1.82, 2.24) is 9.13 Å². The average Bonchev–Trinajstić information content (AvgIpc) is 1.61. The molecule has 0 aliphatic rings. The Balaban J connectivity index is 0.000000141. The molecule has 0 amide bonds. The van der Waals surface area contributed by atoms with Gasteiger partial charge in [-0.25, -0.2) is 0 Å². The minimum atomic E-state index is 1.11. The van der Waals surface area contributed by atoms with Crippen molar-refractivity contribution in [2.24, 2.45) is 0 Å². The second-order valence-electron chi connectivity index (χ2n) is 31.4. The molecule has 0 fully saturated rings. The Bertz CT molecular complexity index is 7800. The van der Waals surface area contributed by atoms with Crippen LogP contribution in [0.3, 0.4) is 0 Å². The van der Waals surface area contributed by atoms with E-state index < -0.39 is 0 Å². The van der Waals surface area contributed by atoms with Crippen molar-refractivity contribution in [3.63, 3.8) is 0 Å². The van der Waals surface area contributed by atoms with Gasteiger partial charge in [0.1, 0.15) is 0 Å². The summed E-state index contributed by atoms with van der Waals surface area (Å²) in [6, 6.07) is 170. The maximum Gasteiger partial charge on any atom is 0.0620 e. The first-order valence-corrected chi connectivity index (χ1v) is 41.6. The molecule has 24 rings (SSSR count). The summed E-state index contributed by atoms with van der Waals surface area (Å²) < 4.78 is 4.99. The van der Waals surface area contributed by atoms with Gasteiger partial charge in [-0.05, 0) is 250 Å². The molecule has 121 heavy (non-hydrogen) atoms. The van der Waals surface area contributed by atoms with Crippen LogP contribution in [0, 0.1) is 0 Å². The monoisotopic (exact) mass is 1540 g/mol. The van der Waals surface area contributed by atoms with E-state index in [-0.39, 0.29) is 0 Å². The van der Waals surface area contributed by atoms with E-state index in [0.717, 1.165) is 62.6 Å². The molecular formula is C116H77N5. The second kappa shape index (κ2) is 29.6. The van der Waals surface area contributed by atoms with E-state index in [1.807, 2.05) is 0 Å². The molecule has 0 unspecified atom stereocenters. The smallest absolute Gasteiger partial charge is 0.0620 e. The van der Waals surface area contributed by atoms with E-state index in [9.17, 15) is 0 Å². The number of aromatic nitrogens is 2. The number of hydrogen-bond acceptors (Lipinski definition) is 3. The van der Waals surface area contributed by atoms with Gasteiger partial charge in [-0.15, -0.1) is 0 Å². The van der Waals surface area contributed by atoms with Crippen molar-refractivity contribution in [2.45, 2.75) is 0 Å². The quantitative estimate of drug-likeness (QED) is 0.0954. The molecule has 5 nitrogen and oxygen atoms in total. The molecule has 0 saturated heterocycles. The molecule has 0 atom stereocenters. The van der Waals surface area contributed by atoms with Gasteiger partial charge in [0, 0.05) is 94.9 Å². The van der Waals surface area contributed by atoms with Crippen LogP contribution < -0.4 is 14.7 Å². The van der Waals surface area contributed by atoms with E-state index >= 15 is 0 Å². The highest BCUT2D eigenvalue weighted by Crippen LogP contribution is 2.50. The van der Waals surface area contributed by atoms with E-state index in [1.54, 1.807) is 0 Å². The molecule has 0 saturated carbocycles. The molecule has 0 radical (unpaired) electrons. The summed E-state index contributed by atoms with van der Waals surface area (Å²) in [5.41, 5.74) is 26.9. The van der Waals surface area contributed by atoms with E-state index in [4.69, 9.17) is 0 Å². The SMILES string of the molecule is c1ccc(-c2ccc(-n3c4cc(-c5ccccc5)ccc4c4cc5ccc6c(-c7ccc(N(c8ccccc8)c8ccccc8)cc7)ccc7ccc(c5c76)c43)cc2)cc1.c1ccc(N(c2ccccc2)c2ccc(-c3ccc4ccc5c6c(ccc3c46)cc3c4ccc(N(c6ccccc6)c6ccccc6)cc4n(-c4ccccc4)c35)cc2)cc1. The van der Waals surface area contributed by atoms with E-state index in [1.165, 1.54) is 153 Å². The molecule has 0 aliphatic carbocycles. The predicted molar refractivity (Wildman–Crippen MR) is 515 cm³/mol. The molecular weight excluding hydrogens is 1460 g/mol. The van der Waals surface area contributed by atoms with Crippen molar-refractivity contribution in [2.75, 3.05) is 14.7 Å². The largest absolute Gasteiger partial charge is 0.311 e. The lowest BCUT2D eigenvalue weighted by atomic mass is 9.89. The highest BCUT2D eigenvalue weighted by molar-refractivity contribution is 6.35. The standard InChI is InChI=1S/C58H39N3.C58H38N2/c1-6-16-43(17-7-1)59(44-18-8-2-9-19-44)48-31-26-40(27-32-48)50-34-28-41-29-36-53-57-42(30-35-52(50)56(41)57)38-54-51-37-33-49(39-55(51)61(58(53)54)47-24-14-5-15-25-47)60(45-20-10-3-11-21-45)46-22-12-4-13-23-46;1-5-13-39(14-6-1)41-21-29-49(30-22-41)60-55-38-44(40-15-7-2-8-16-40)27-34-51(55)54-37-45-28-35-52-50(33-25-43-26-36-53(58(54)60)57(45)56(43)52)42-23-31-48(32-24-42)59(46-17-9-3-10-18-46)47-19-11-4-12-20-47/h1-39H;1-38H. The van der Waals surface area contributed by atoms with Crippen molar-refractivity contribution in [3.8, 4) is 55.9 Å². The Hall–Kier alpha value is -16.1. The Morgan fingerprint density at radius 3 is 0.818 bits per heavy atom. The van der Waals surface area contributed by atoms with Crippen LogP contribution in [-0.4, -0.2) is 9.13 Å². The number of rotatable bonds is 15. The zero-order valence-electron chi connectivity index (χ0n) is 66.2. The van der Waals surface area contributed by atoms with Gasteiger partial charge in [-0.3, -0.25) is 0 Å². The second-order valence-corrected chi connectivity index (χ2v) is 31.4. The van der Waals surface area contributed by atoms with E-state index in [0.29, 0.717) is 0 Å². The van der Waals surface area contributed by atoms with Crippen LogP contribution in [0.2, 0.25) is 0 Å². The third-order valence-electron chi connectivity index (χ3n) is 24.6. The normalized spacial score (nSPS) is 11.6. The lowest BCUT2D eigenvalue weighted by molar-refractivity contribution is 1.18. The predicted octanol–water partition coefficient (Wildman–Crippen LogP) is 32.4. The third kappa shape index (κ3) is 12.2. The van der Waals surface area contributed by atoms with Crippen molar-refractivity contribution < 1.29 is 0 Å². The molecule has 0 spiro atoms. The third-order valence-corrected chi connectivity index (χ3v) is 24.6. The maximum absolute atomic E-state index is 2.50. The van der Waals surface area contributed by atoms with Gasteiger partial charge in [0.2, 0.25) is 0 Å². The molecule has 5 heteroatoms. The summed E-state index contributed by atoms with van der Waals surface area (Å²) in [4.78, 5) is 6.98. The van der Waals surface area contributed by atoms with Gasteiger partial charge < -0.3 is 23.8 Å². The Morgan fingerprint density at radius 1 is 0.149 bits per heavy atom. The lowest BCUT2D eigenvalue weighted by Crippen LogP contribution is -2.09. The molecule has 0 bridgehead atoms. The van der Waals surface area contributed by atoms with Crippen molar-refractivity contribution in [1.29, 1.82) is 0 Å². The number of para-hydroxylation sites is 7. The van der Waals surface area contributed by atoms with Crippen LogP contribution in [0.25, 0.3) is 164 Å².